The molecule has 188 valence electrons. The fourth-order valence-corrected chi connectivity index (χ4v) is 5.98. The normalized spacial score (nSPS) is 36.8. The molecule has 0 aromatic rings. The van der Waals surface area contributed by atoms with E-state index in [0.717, 1.165) is 64.3 Å². The Kier molecular flexibility index (Phi) is 9.64. The fourth-order valence-electron chi connectivity index (χ4n) is 5.73. The summed E-state index contributed by atoms with van der Waals surface area (Å²) in [5.74, 6) is 1.27. The first-order chi connectivity index (χ1) is 16.1. The van der Waals surface area contributed by atoms with Crippen LogP contribution in [0.3, 0.4) is 0 Å². The number of hydrazine groups is 1. The summed E-state index contributed by atoms with van der Waals surface area (Å²) in [5, 5.41) is 10.4. The molecule has 0 bridgehead atoms. The van der Waals surface area contributed by atoms with Crippen molar-refractivity contribution in [3.63, 3.8) is 0 Å². The largest absolute Gasteiger partial charge is 0.356 e. The van der Waals surface area contributed by atoms with Crippen LogP contribution in [0.2, 0.25) is 0 Å². The van der Waals surface area contributed by atoms with E-state index >= 15 is 0 Å². The van der Waals surface area contributed by atoms with Gasteiger partial charge in [-0.3, -0.25) is 25.2 Å². The molecule has 10 heteroatoms. The van der Waals surface area contributed by atoms with Crippen molar-refractivity contribution in [2.24, 2.45) is 17.8 Å². The van der Waals surface area contributed by atoms with Gasteiger partial charge in [0.25, 0.3) is 0 Å². The summed E-state index contributed by atoms with van der Waals surface area (Å²) in [4.78, 5) is 29.9. The second-order valence-electron chi connectivity index (χ2n) is 10.1. The van der Waals surface area contributed by atoms with Crippen molar-refractivity contribution in [1.29, 1.82) is 0 Å². The van der Waals surface area contributed by atoms with Crippen LogP contribution in [0.25, 0.3) is 0 Å². The van der Waals surface area contributed by atoms with Crippen LogP contribution >= 0.6 is 11.6 Å². The van der Waals surface area contributed by atoms with Gasteiger partial charge in [-0.05, 0) is 70.3 Å². The molecule has 2 saturated heterocycles. The minimum absolute atomic E-state index is 0.0705. The number of halogens is 1. The van der Waals surface area contributed by atoms with Crippen LogP contribution in [-0.4, -0.2) is 48.8 Å². The molecular formula is C23H41ClN6O3. The smallest absolute Gasteiger partial charge is 0.237 e. The Morgan fingerprint density at radius 1 is 1.06 bits per heavy atom. The van der Waals surface area contributed by atoms with Crippen LogP contribution in [0.4, 0.5) is 0 Å². The first kappa shape index (κ1) is 25.1. The van der Waals surface area contributed by atoms with Crippen molar-refractivity contribution in [1.82, 2.24) is 32.3 Å². The van der Waals surface area contributed by atoms with Crippen LogP contribution < -0.4 is 32.3 Å². The second-order valence-corrected chi connectivity index (χ2v) is 10.7. The van der Waals surface area contributed by atoms with E-state index in [0.29, 0.717) is 36.6 Å². The number of carbonyl (C=O) groups is 2. The standard InChI is InChI=1S/C23H41ClN6O3/c24-16-9-7-15(8-10-16)21-27-20(33-30-21)12-11-19(31)25-13-3-4-14-26-22-17-5-1-2-6-18(17)23(32)29-28-22/h15-18,20-22,26-28,30H,1-14H2,(H,25,31)(H,29,32). The third-order valence-corrected chi connectivity index (χ3v) is 8.17. The maximum atomic E-state index is 12.2. The monoisotopic (exact) mass is 484 g/mol. The van der Waals surface area contributed by atoms with Gasteiger partial charge in [0, 0.05) is 30.2 Å². The minimum Gasteiger partial charge on any atom is -0.356 e. The van der Waals surface area contributed by atoms with Crippen LogP contribution in [0.15, 0.2) is 0 Å². The van der Waals surface area contributed by atoms with Crippen LogP contribution in [0.1, 0.15) is 77.0 Å². The third-order valence-electron chi connectivity index (χ3n) is 7.73. The number of hydroxylamine groups is 1. The molecule has 2 amide bonds. The van der Waals surface area contributed by atoms with E-state index in [1.807, 2.05) is 0 Å². The molecule has 6 N–H and O–H groups in total. The van der Waals surface area contributed by atoms with E-state index < -0.39 is 0 Å². The number of hydrogen-bond donors (Lipinski definition) is 6. The quantitative estimate of drug-likeness (QED) is 0.206. The van der Waals surface area contributed by atoms with Crippen molar-refractivity contribution in [2.75, 3.05) is 13.1 Å². The minimum atomic E-state index is -0.120. The average Bonchev–Trinajstić information content (AvgIpc) is 3.31. The summed E-state index contributed by atoms with van der Waals surface area (Å²) in [6.07, 6.45) is 12.0. The molecule has 2 saturated carbocycles. The highest BCUT2D eigenvalue weighted by Crippen LogP contribution is 2.33. The number of fused-ring (bicyclic) bond motifs is 1. The molecule has 0 aromatic heterocycles. The summed E-state index contributed by atoms with van der Waals surface area (Å²) < 4.78 is 0. The van der Waals surface area contributed by atoms with Gasteiger partial charge in [0.2, 0.25) is 11.8 Å². The van der Waals surface area contributed by atoms with Gasteiger partial charge in [0.1, 0.15) is 6.23 Å². The van der Waals surface area contributed by atoms with Crippen molar-refractivity contribution in [3.05, 3.63) is 0 Å². The Bertz CT molecular complexity index is 648. The van der Waals surface area contributed by atoms with Crippen molar-refractivity contribution >= 4 is 23.4 Å². The molecule has 2 aliphatic heterocycles. The Labute approximate surface area is 202 Å². The fraction of sp³-hybridized carbons (Fsp3) is 0.913. The van der Waals surface area contributed by atoms with E-state index in [1.165, 1.54) is 6.42 Å². The van der Waals surface area contributed by atoms with Crippen LogP contribution in [0, 0.1) is 17.8 Å². The van der Waals surface area contributed by atoms with Gasteiger partial charge in [-0.2, -0.15) is 5.48 Å². The van der Waals surface area contributed by atoms with Gasteiger partial charge in [-0.15, -0.1) is 11.6 Å². The summed E-state index contributed by atoms with van der Waals surface area (Å²) >= 11 is 6.20. The van der Waals surface area contributed by atoms with Crippen molar-refractivity contribution < 1.29 is 14.4 Å². The molecule has 0 radical (unpaired) electrons. The SMILES string of the molecule is O=C(CCC1NC(C2CCC(Cl)CC2)NO1)NCCCCNC1NNC(=O)C2CCCCC12. The molecule has 4 aliphatic rings. The Hall–Kier alpha value is -0.970. The van der Waals surface area contributed by atoms with Gasteiger partial charge in [0.15, 0.2) is 0 Å². The zero-order valence-corrected chi connectivity index (χ0v) is 20.3. The molecule has 9 nitrogen and oxygen atoms in total. The summed E-state index contributed by atoms with van der Waals surface area (Å²) in [7, 11) is 0. The molecule has 2 heterocycles. The predicted molar refractivity (Wildman–Crippen MR) is 127 cm³/mol. The molecule has 0 spiro atoms. The zero-order valence-electron chi connectivity index (χ0n) is 19.5. The summed E-state index contributed by atoms with van der Waals surface area (Å²) in [6, 6.07) is 0. The van der Waals surface area contributed by atoms with Crippen LogP contribution in [-0.2, 0) is 14.4 Å². The maximum absolute atomic E-state index is 12.2. The highest BCUT2D eigenvalue weighted by atomic mass is 35.5. The van der Waals surface area contributed by atoms with Gasteiger partial charge in [-0.1, -0.05) is 12.8 Å². The first-order valence-corrected chi connectivity index (χ1v) is 13.4. The lowest BCUT2D eigenvalue weighted by molar-refractivity contribution is -0.134. The lowest BCUT2D eigenvalue weighted by Crippen LogP contribution is -2.64. The Morgan fingerprint density at radius 2 is 1.85 bits per heavy atom. The van der Waals surface area contributed by atoms with E-state index in [1.54, 1.807) is 0 Å². The molecule has 2 aliphatic carbocycles. The van der Waals surface area contributed by atoms with Crippen LogP contribution in [0.5, 0.6) is 0 Å². The molecule has 33 heavy (non-hydrogen) atoms. The van der Waals surface area contributed by atoms with Gasteiger partial charge in [-0.25, -0.2) is 5.43 Å². The van der Waals surface area contributed by atoms with Gasteiger partial charge < -0.3 is 10.6 Å². The molecule has 5 unspecified atom stereocenters. The van der Waals surface area contributed by atoms with E-state index in [9.17, 15) is 9.59 Å². The number of carbonyl (C=O) groups excluding carboxylic acids is 2. The molecule has 4 fully saturated rings. The Balaban J connectivity index is 1.02. The summed E-state index contributed by atoms with van der Waals surface area (Å²) in [6.45, 7) is 1.55. The Morgan fingerprint density at radius 3 is 2.70 bits per heavy atom. The first-order valence-electron chi connectivity index (χ1n) is 13.0. The van der Waals surface area contributed by atoms with Crippen molar-refractivity contribution in [2.45, 2.75) is 101 Å². The van der Waals surface area contributed by atoms with Gasteiger partial charge in [0.05, 0.1) is 12.3 Å². The lowest BCUT2D eigenvalue weighted by Gasteiger charge is -2.41. The number of unbranched alkanes of at least 4 members (excludes halogenated alkanes) is 1. The van der Waals surface area contributed by atoms with E-state index in [-0.39, 0.29) is 36.3 Å². The molecule has 0 aromatic carbocycles. The topological polar surface area (TPSA) is 116 Å². The highest BCUT2D eigenvalue weighted by molar-refractivity contribution is 6.20. The van der Waals surface area contributed by atoms with Crippen molar-refractivity contribution in [3.8, 4) is 0 Å². The average molecular weight is 485 g/mol. The highest BCUT2D eigenvalue weighted by Gasteiger charge is 2.39. The second kappa shape index (κ2) is 12.7. The number of amides is 2. The lowest BCUT2D eigenvalue weighted by atomic mass is 9.76. The molecular weight excluding hydrogens is 444 g/mol. The zero-order chi connectivity index (χ0) is 23.0. The number of hydrogen-bond acceptors (Lipinski definition) is 7. The predicted octanol–water partition coefficient (Wildman–Crippen LogP) is 1.59. The van der Waals surface area contributed by atoms with E-state index in [2.05, 4.69) is 32.3 Å². The van der Waals surface area contributed by atoms with Gasteiger partial charge >= 0.3 is 0 Å². The third kappa shape index (κ3) is 7.26. The number of alkyl halides is 1. The number of nitrogens with one attached hydrogen (secondary N) is 6. The van der Waals surface area contributed by atoms with E-state index in [4.69, 9.17) is 16.4 Å². The molecule has 4 rings (SSSR count). The number of rotatable bonds is 10. The molecule has 5 atom stereocenters. The summed E-state index contributed by atoms with van der Waals surface area (Å²) in [5.41, 5.74) is 9.07. The maximum Gasteiger partial charge on any atom is 0.237 e.